The summed E-state index contributed by atoms with van der Waals surface area (Å²) < 4.78 is 11.7. The molecule has 124 valence electrons. The van der Waals surface area contributed by atoms with Crippen LogP contribution in [0.3, 0.4) is 0 Å². The summed E-state index contributed by atoms with van der Waals surface area (Å²) in [6.07, 6.45) is 5.21. The molecule has 0 N–H and O–H groups in total. The van der Waals surface area contributed by atoms with Crippen LogP contribution in [-0.2, 0) is 10.2 Å². The maximum absolute atomic E-state index is 12.7. The molecule has 2 aromatic heterocycles. The number of amides is 1. The van der Waals surface area contributed by atoms with Gasteiger partial charge in [0.2, 0.25) is 11.8 Å². The third kappa shape index (κ3) is 2.06. The molecular formula is C16H17N5O3. The minimum Gasteiger partial charge on any atom is -0.424 e. The predicted molar refractivity (Wildman–Crippen MR) is 80.2 cm³/mol. The van der Waals surface area contributed by atoms with Gasteiger partial charge in [0, 0.05) is 31.1 Å². The number of likely N-dealkylation sites (tertiary alicyclic amines) is 1. The van der Waals surface area contributed by atoms with Gasteiger partial charge in [0.05, 0.1) is 18.6 Å². The Morgan fingerprint density at radius 1 is 1.33 bits per heavy atom. The van der Waals surface area contributed by atoms with Gasteiger partial charge in [0.15, 0.2) is 0 Å². The highest BCUT2D eigenvalue weighted by Gasteiger charge is 2.56. The first kappa shape index (κ1) is 14.0. The topological polar surface area (TPSA) is 94.2 Å². The normalized spacial score (nSPS) is 29.0. The van der Waals surface area contributed by atoms with E-state index < -0.39 is 0 Å². The fourth-order valence-corrected chi connectivity index (χ4v) is 3.70. The molecule has 0 bridgehead atoms. The van der Waals surface area contributed by atoms with Crippen molar-refractivity contribution in [3.63, 3.8) is 0 Å². The Kier molecular flexibility index (Phi) is 2.97. The van der Waals surface area contributed by atoms with Gasteiger partial charge in [-0.25, -0.2) is 9.97 Å². The molecule has 1 amide bonds. The molecule has 2 saturated heterocycles. The third-order valence-electron chi connectivity index (χ3n) is 5.26. The molecule has 5 rings (SSSR count). The maximum Gasteiger partial charge on any atom is 0.272 e. The number of hydrogen-bond donors (Lipinski definition) is 0. The number of ether oxygens (including phenoxy) is 1. The van der Waals surface area contributed by atoms with Gasteiger partial charge in [0.1, 0.15) is 12.0 Å². The quantitative estimate of drug-likeness (QED) is 0.822. The van der Waals surface area contributed by atoms with Gasteiger partial charge in [-0.3, -0.25) is 4.79 Å². The summed E-state index contributed by atoms with van der Waals surface area (Å²) in [6.45, 7) is 2.25. The molecule has 3 fully saturated rings. The first-order valence-corrected chi connectivity index (χ1v) is 8.23. The van der Waals surface area contributed by atoms with E-state index in [9.17, 15) is 4.79 Å². The van der Waals surface area contributed by atoms with Crippen LogP contribution in [0.2, 0.25) is 0 Å². The number of nitrogens with zero attached hydrogens (tertiary/aromatic N) is 5. The van der Waals surface area contributed by atoms with E-state index in [1.807, 2.05) is 4.90 Å². The maximum atomic E-state index is 12.7. The van der Waals surface area contributed by atoms with E-state index in [-0.39, 0.29) is 17.2 Å². The number of rotatable bonds is 3. The van der Waals surface area contributed by atoms with Crippen molar-refractivity contribution in [2.24, 2.45) is 5.92 Å². The van der Waals surface area contributed by atoms with Crippen molar-refractivity contribution in [1.29, 1.82) is 0 Å². The van der Waals surface area contributed by atoms with Gasteiger partial charge in [-0.2, -0.15) is 0 Å². The van der Waals surface area contributed by atoms with E-state index >= 15 is 0 Å². The summed E-state index contributed by atoms with van der Waals surface area (Å²) in [6, 6.07) is 1.64. The second-order valence-electron chi connectivity index (χ2n) is 6.87. The van der Waals surface area contributed by atoms with Crippen molar-refractivity contribution < 1.29 is 13.9 Å². The summed E-state index contributed by atoms with van der Waals surface area (Å²) in [5.74, 6) is 1.85. The van der Waals surface area contributed by atoms with Crippen LogP contribution in [0.25, 0.3) is 0 Å². The molecular weight excluding hydrogens is 310 g/mol. The van der Waals surface area contributed by atoms with Crippen LogP contribution in [0.5, 0.6) is 0 Å². The van der Waals surface area contributed by atoms with Crippen LogP contribution in [0, 0.1) is 5.92 Å². The molecule has 0 unspecified atom stereocenters. The Morgan fingerprint density at radius 2 is 2.25 bits per heavy atom. The van der Waals surface area contributed by atoms with E-state index in [4.69, 9.17) is 9.15 Å². The molecule has 3 aliphatic rings. The lowest BCUT2D eigenvalue weighted by molar-refractivity contribution is 0.0732. The first-order valence-electron chi connectivity index (χ1n) is 8.23. The van der Waals surface area contributed by atoms with Crippen molar-refractivity contribution in [1.82, 2.24) is 25.1 Å². The summed E-state index contributed by atoms with van der Waals surface area (Å²) in [7, 11) is 0. The van der Waals surface area contributed by atoms with Crippen LogP contribution < -0.4 is 0 Å². The van der Waals surface area contributed by atoms with Crippen molar-refractivity contribution >= 4 is 5.91 Å². The third-order valence-corrected chi connectivity index (χ3v) is 5.26. The Morgan fingerprint density at radius 3 is 3.04 bits per heavy atom. The Labute approximate surface area is 138 Å². The minimum absolute atomic E-state index is 0.0897. The predicted octanol–water partition coefficient (Wildman–Crippen LogP) is 0.777. The molecule has 24 heavy (non-hydrogen) atoms. The Bertz CT molecular complexity index is 775. The fourth-order valence-electron chi connectivity index (χ4n) is 3.70. The lowest BCUT2D eigenvalue weighted by Crippen LogP contribution is -2.37. The summed E-state index contributed by atoms with van der Waals surface area (Å²) in [4.78, 5) is 22.4. The molecule has 8 heteroatoms. The van der Waals surface area contributed by atoms with E-state index in [1.54, 1.807) is 12.3 Å². The van der Waals surface area contributed by atoms with Gasteiger partial charge in [-0.15, -0.1) is 10.2 Å². The number of aromatic nitrogens is 4. The van der Waals surface area contributed by atoms with Crippen molar-refractivity contribution in [2.75, 3.05) is 26.3 Å². The molecule has 0 radical (unpaired) electrons. The number of carbonyl (C=O) groups excluding carboxylic acids is 1. The number of carbonyl (C=O) groups is 1. The highest BCUT2D eigenvalue weighted by Crippen LogP contribution is 2.45. The minimum atomic E-state index is -0.386. The summed E-state index contributed by atoms with van der Waals surface area (Å²) >= 11 is 0. The summed E-state index contributed by atoms with van der Waals surface area (Å²) in [5, 5.41) is 8.51. The monoisotopic (exact) mass is 327 g/mol. The number of fused-ring (bicyclic) bond motifs is 1. The lowest BCUT2D eigenvalue weighted by Gasteiger charge is -2.22. The van der Waals surface area contributed by atoms with Crippen LogP contribution in [-0.4, -0.2) is 57.3 Å². The number of hydrogen-bond acceptors (Lipinski definition) is 7. The van der Waals surface area contributed by atoms with Crippen LogP contribution >= 0.6 is 0 Å². The SMILES string of the molecule is O=C(c1ccncn1)N1C[C@@H]2COC[C@]2(c2nnc(C3CC3)o2)C1. The van der Waals surface area contributed by atoms with Crippen LogP contribution in [0.1, 0.15) is 41.0 Å². The van der Waals surface area contributed by atoms with Gasteiger partial charge in [-0.05, 0) is 18.9 Å². The van der Waals surface area contributed by atoms with E-state index in [2.05, 4.69) is 20.2 Å². The standard InChI is InChI=1S/C16H17N5O3/c22-14(12-3-4-17-9-18-12)21-5-11-6-23-8-16(11,7-21)15-20-19-13(24-15)10-1-2-10/h3-4,9-11H,1-2,5-8H2/t11-,16-/m1/s1. The average Bonchev–Trinajstić information content (AvgIpc) is 3.05. The van der Waals surface area contributed by atoms with E-state index in [1.165, 1.54) is 6.33 Å². The van der Waals surface area contributed by atoms with Crippen molar-refractivity contribution in [2.45, 2.75) is 24.2 Å². The van der Waals surface area contributed by atoms with Crippen LogP contribution in [0.15, 0.2) is 23.0 Å². The van der Waals surface area contributed by atoms with E-state index in [0.29, 0.717) is 43.8 Å². The zero-order valence-corrected chi connectivity index (χ0v) is 13.1. The molecule has 2 aliphatic heterocycles. The van der Waals surface area contributed by atoms with Gasteiger partial charge in [-0.1, -0.05) is 0 Å². The second-order valence-corrected chi connectivity index (χ2v) is 6.87. The van der Waals surface area contributed by atoms with Crippen LogP contribution in [0.4, 0.5) is 0 Å². The van der Waals surface area contributed by atoms with Gasteiger partial charge < -0.3 is 14.1 Å². The highest BCUT2D eigenvalue weighted by molar-refractivity contribution is 5.92. The molecule has 2 aromatic rings. The van der Waals surface area contributed by atoms with E-state index in [0.717, 1.165) is 18.7 Å². The smallest absolute Gasteiger partial charge is 0.272 e. The molecule has 0 spiro atoms. The Balaban J connectivity index is 1.44. The molecule has 0 aromatic carbocycles. The molecule has 4 heterocycles. The largest absolute Gasteiger partial charge is 0.424 e. The first-order chi connectivity index (χ1) is 11.8. The highest BCUT2D eigenvalue weighted by atomic mass is 16.5. The molecule has 2 atom stereocenters. The molecule has 1 saturated carbocycles. The zero-order valence-electron chi connectivity index (χ0n) is 13.1. The van der Waals surface area contributed by atoms with Crippen molar-refractivity contribution in [3.05, 3.63) is 36.1 Å². The molecule has 8 nitrogen and oxygen atoms in total. The summed E-state index contributed by atoms with van der Waals surface area (Å²) in [5.41, 5.74) is 0.0215. The van der Waals surface area contributed by atoms with Crippen molar-refractivity contribution in [3.8, 4) is 0 Å². The lowest BCUT2D eigenvalue weighted by atomic mass is 9.81. The average molecular weight is 327 g/mol. The van der Waals surface area contributed by atoms with Gasteiger partial charge in [0.25, 0.3) is 5.91 Å². The Hall–Kier alpha value is -2.35. The zero-order chi connectivity index (χ0) is 16.1. The second kappa shape index (κ2) is 5.07. The fraction of sp³-hybridized carbons (Fsp3) is 0.562. The van der Waals surface area contributed by atoms with Gasteiger partial charge >= 0.3 is 0 Å². The molecule has 1 aliphatic carbocycles.